The molecule has 0 radical (unpaired) electrons. The van der Waals surface area contributed by atoms with Gasteiger partial charge in [-0.15, -0.1) is 0 Å². The fourth-order valence-corrected chi connectivity index (χ4v) is 1.82. The number of rotatable bonds is 10. The maximum Gasteiger partial charge on any atom is 0.407 e. The maximum absolute atomic E-state index is 11.5. The van der Waals surface area contributed by atoms with Crippen molar-refractivity contribution in [3.8, 4) is 0 Å². The highest BCUT2D eigenvalue weighted by Gasteiger charge is 2.15. The average molecular weight is 329 g/mol. The van der Waals surface area contributed by atoms with Crippen LogP contribution in [0.3, 0.4) is 0 Å². The van der Waals surface area contributed by atoms with Gasteiger partial charge in [-0.1, -0.05) is 26.2 Å². The molecule has 0 saturated heterocycles. The van der Waals surface area contributed by atoms with Gasteiger partial charge in [0.25, 0.3) is 0 Å². The summed E-state index contributed by atoms with van der Waals surface area (Å²) in [6.45, 7) is 7.97. The van der Waals surface area contributed by atoms with E-state index in [1.165, 1.54) is 0 Å². The van der Waals surface area contributed by atoms with Gasteiger partial charge in [-0.3, -0.25) is 9.59 Å². The second kappa shape index (κ2) is 11.9. The summed E-state index contributed by atoms with van der Waals surface area (Å²) in [5.41, 5.74) is -0.502. The molecule has 0 saturated carbocycles. The summed E-state index contributed by atoms with van der Waals surface area (Å²) in [4.78, 5) is 34.2. The molecule has 0 spiro atoms. The third-order valence-corrected chi connectivity index (χ3v) is 2.94. The molecule has 1 N–H and O–H groups in total. The number of amides is 1. The van der Waals surface area contributed by atoms with Crippen molar-refractivity contribution in [2.75, 3.05) is 6.54 Å². The van der Waals surface area contributed by atoms with Crippen molar-refractivity contribution in [3.05, 3.63) is 0 Å². The first kappa shape index (κ1) is 21.4. The van der Waals surface area contributed by atoms with Gasteiger partial charge in [0.05, 0.1) is 0 Å². The van der Waals surface area contributed by atoms with Gasteiger partial charge < -0.3 is 14.8 Å². The van der Waals surface area contributed by atoms with Crippen molar-refractivity contribution in [3.63, 3.8) is 0 Å². The first-order valence-corrected chi connectivity index (χ1v) is 8.45. The molecule has 23 heavy (non-hydrogen) atoms. The van der Waals surface area contributed by atoms with Gasteiger partial charge in [-0.25, -0.2) is 4.79 Å². The Kier molecular flexibility index (Phi) is 11.1. The van der Waals surface area contributed by atoms with Gasteiger partial charge in [0.15, 0.2) is 0 Å². The highest BCUT2D eigenvalue weighted by Crippen LogP contribution is 2.07. The lowest BCUT2D eigenvalue weighted by Crippen LogP contribution is -2.33. The Morgan fingerprint density at radius 1 is 0.870 bits per heavy atom. The van der Waals surface area contributed by atoms with Gasteiger partial charge in [0.2, 0.25) is 0 Å². The van der Waals surface area contributed by atoms with Crippen LogP contribution in [0.4, 0.5) is 4.79 Å². The number of carbonyl (C=O) groups is 3. The Hall–Kier alpha value is -1.59. The Bertz CT molecular complexity index is 374. The average Bonchev–Trinajstić information content (AvgIpc) is 2.41. The molecule has 0 heterocycles. The maximum atomic E-state index is 11.5. The Labute approximate surface area is 139 Å². The smallest absolute Gasteiger partial charge is 0.407 e. The number of esters is 2. The number of hydrogen-bond donors (Lipinski definition) is 1. The molecule has 0 unspecified atom stereocenters. The molecule has 6 nitrogen and oxygen atoms in total. The fraction of sp³-hybridized carbons (Fsp3) is 0.824. The van der Waals surface area contributed by atoms with Crippen LogP contribution in [0.15, 0.2) is 0 Å². The molecule has 134 valence electrons. The van der Waals surface area contributed by atoms with Crippen LogP contribution in [0, 0.1) is 0 Å². The number of nitrogens with one attached hydrogen (secondary N) is 1. The molecule has 0 aromatic carbocycles. The predicted octanol–water partition coefficient (Wildman–Crippen LogP) is 3.72. The molecule has 1 amide bonds. The van der Waals surface area contributed by atoms with Gasteiger partial charge in [0.1, 0.15) is 5.60 Å². The molecule has 6 heteroatoms. The van der Waals surface area contributed by atoms with Crippen LogP contribution in [0.1, 0.15) is 79.1 Å². The van der Waals surface area contributed by atoms with Crippen molar-refractivity contribution in [1.82, 2.24) is 5.32 Å². The second-order valence-electron chi connectivity index (χ2n) is 6.54. The minimum atomic E-state index is -0.502. The van der Waals surface area contributed by atoms with E-state index in [-0.39, 0.29) is 6.42 Å². The predicted molar refractivity (Wildman–Crippen MR) is 87.9 cm³/mol. The number of hydrogen-bond acceptors (Lipinski definition) is 5. The summed E-state index contributed by atoms with van der Waals surface area (Å²) in [7, 11) is 0. The van der Waals surface area contributed by atoms with Crippen LogP contribution in [-0.4, -0.2) is 30.2 Å². The van der Waals surface area contributed by atoms with Crippen LogP contribution in [0.25, 0.3) is 0 Å². The molecule has 0 aliphatic rings. The SMILES string of the molecule is CCCCCC(=O)OC(=O)CCCCCNC(=O)OC(C)(C)C. The van der Waals surface area contributed by atoms with E-state index < -0.39 is 23.6 Å². The lowest BCUT2D eigenvalue weighted by molar-refractivity contribution is -0.159. The van der Waals surface area contributed by atoms with Gasteiger partial charge in [-0.2, -0.15) is 0 Å². The summed E-state index contributed by atoms with van der Waals surface area (Å²) in [5.74, 6) is -0.901. The molecule has 0 aliphatic heterocycles. The quantitative estimate of drug-likeness (QED) is 0.375. The molecule has 0 aliphatic carbocycles. The van der Waals surface area contributed by atoms with Gasteiger partial charge in [-0.05, 0) is 40.0 Å². The zero-order chi connectivity index (χ0) is 17.7. The molecule has 0 aromatic heterocycles. The van der Waals surface area contributed by atoms with Crippen LogP contribution >= 0.6 is 0 Å². The fourth-order valence-electron chi connectivity index (χ4n) is 1.82. The minimum Gasteiger partial charge on any atom is -0.444 e. The molecule has 0 fully saturated rings. The summed E-state index contributed by atoms with van der Waals surface area (Å²) in [6.07, 6.45) is 5.01. The van der Waals surface area contributed by atoms with E-state index >= 15 is 0 Å². The number of carbonyl (C=O) groups excluding carboxylic acids is 3. The summed E-state index contributed by atoms with van der Waals surface area (Å²) in [5, 5.41) is 2.66. The molecular weight excluding hydrogens is 298 g/mol. The zero-order valence-electron chi connectivity index (χ0n) is 14.9. The molecular formula is C17H31NO5. The zero-order valence-corrected chi connectivity index (χ0v) is 14.9. The van der Waals surface area contributed by atoms with E-state index in [1.807, 2.05) is 27.7 Å². The van der Waals surface area contributed by atoms with Crippen molar-refractivity contribution in [2.45, 2.75) is 84.7 Å². The van der Waals surface area contributed by atoms with Gasteiger partial charge >= 0.3 is 18.0 Å². The second-order valence-corrected chi connectivity index (χ2v) is 6.54. The Morgan fingerprint density at radius 3 is 1.96 bits per heavy atom. The van der Waals surface area contributed by atoms with Gasteiger partial charge in [0, 0.05) is 19.4 Å². The van der Waals surface area contributed by atoms with E-state index in [4.69, 9.17) is 9.47 Å². The van der Waals surface area contributed by atoms with Crippen molar-refractivity contribution in [1.29, 1.82) is 0 Å². The molecule has 0 aromatic rings. The summed E-state index contributed by atoms with van der Waals surface area (Å²) in [6, 6.07) is 0. The highest BCUT2D eigenvalue weighted by molar-refractivity contribution is 5.85. The van der Waals surface area contributed by atoms with E-state index in [2.05, 4.69) is 5.32 Å². The number of alkyl carbamates (subject to hydrolysis) is 1. The molecule has 0 rings (SSSR count). The van der Waals surface area contributed by atoms with Crippen molar-refractivity contribution < 1.29 is 23.9 Å². The van der Waals surface area contributed by atoms with Crippen molar-refractivity contribution in [2.24, 2.45) is 0 Å². The van der Waals surface area contributed by atoms with E-state index in [0.29, 0.717) is 19.4 Å². The summed E-state index contributed by atoms with van der Waals surface area (Å²) < 4.78 is 9.83. The van der Waals surface area contributed by atoms with E-state index in [0.717, 1.165) is 32.1 Å². The first-order valence-electron chi connectivity index (χ1n) is 8.45. The number of unbranched alkanes of at least 4 members (excludes halogenated alkanes) is 4. The standard InChI is InChI=1S/C17H31NO5/c1-5-6-8-11-14(19)22-15(20)12-9-7-10-13-18-16(21)23-17(2,3)4/h5-13H2,1-4H3,(H,18,21). The first-order chi connectivity index (χ1) is 10.7. The monoisotopic (exact) mass is 329 g/mol. The third-order valence-electron chi connectivity index (χ3n) is 2.94. The lowest BCUT2D eigenvalue weighted by Gasteiger charge is -2.19. The third kappa shape index (κ3) is 15.1. The van der Waals surface area contributed by atoms with E-state index in [9.17, 15) is 14.4 Å². The van der Waals surface area contributed by atoms with Crippen LogP contribution in [-0.2, 0) is 19.1 Å². The molecule has 0 atom stereocenters. The molecule has 0 bridgehead atoms. The lowest BCUT2D eigenvalue weighted by atomic mass is 10.2. The Morgan fingerprint density at radius 2 is 1.43 bits per heavy atom. The number of ether oxygens (including phenoxy) is 2. The van der Waals surface area contributed by atoms with Crippen LogP contribution in [0.2, 0.25) is 0 Å². The normalized spacial score (nSPS) is 11.0. The van der Waals surface area contributed by atoms with Crippen molar-refractivity contribution >= 4 is 18.0 Å². The topological polar surface area (TPSA) is 81.7 Å². The highest BCUT2D eigenvalue weighted by atomic mass is 16.6. The minimum absolute atomic E-state index is 0.228. The largest absolute Gasteiger partial charge is 0.444 e. The van der Waals surface area contributed by atoms with E-state index in [1.54, 1.807) is 0 Å². The summed E-state index contributed by atoms with van der Waals surface area (Å²) >= 11 is 0. The Balaban J connectivity index is 3.55. The van der Waals surface area contributed by atoms with Crippen LogP contribution < -0.4 is 5.32 Å². The van der Waals surface area contributed by atoms with Crippen LogP contribution in [0.5, 0.6) is 0 Å².